The third-order valence-corrected chi connectivity index (χ3v) is 3.15. The molecule has 0 saturated carbocycles. The normalized spacial score (nSPS) is 17.7. The molecule has 1 aromatic rings. The Balaban J connectivity index is 2.18. The molecule has 1 N–H and O–H groups in total. The van der Waals surface area contributed by atoms with Crippen molar-refractivity contribution in [2.75, 3.05) is 27.3 Å². The largest absolute Gasteiger partial charge is 0.497 e. The summed E-state index contributed by atoms with van der Waals surface area (Å²) in [6.07, 6.45) is 1.06. The molecule has 16 heavy (non-hydrogen) atoms. The van der Waals surface area contributed by atoms with Gasteiger partial charge in [-0.3, -0.25) is 0 Å². The Kier molecular flexibility index (Phi) is 3.06. The second kappa shape index (κ2) is 4.34. The number of hydrogen-bond donors (Lipinski definition) is 1. The first-order valence-corrected chi connectivity index (χ1v) is 5.58. The lowest BCUT2D eigenvalue weighted by Gasteiger charge is -2.39. The van der Waals surface area contributed by atoms with Crippen molar-refractivity contribution in [1.82, 2.24) is 5.32 Å². The average molecular weight is 221 g/mol. The van der Waals surface area contributed by atoms with Crippen LogP contribution in [0.15, 0.2) is 18.2 Å². The van der Waals surface area contributed by atoms with Crippen molar-refractivity contribution in [3.63, 3.8) is 0 Å². The highest BCUT2D eigenvalue weighted by molar-refractivity contribution is 5.39. The lowest BCUT2D eigenvalue weighted by Crippen LogP contribution is -2.52. The fourth-order valence-electron chi connectivity index (χ4n) is 2.14. The summed E-state index contributed by atoms with van der Waals surface area (Å²) in [4.78, 5) is 0. The summed E-state index contributed by atoms with van der Waals surface area (Å²) in [5, 5.41) is 3.32. The quantitative estimate of drug-likeness (QED) is 0.841. The maximum Gasteiger partial charge on any atom is 0.122 e. The minimum absolute atomic E-state index is 0.386. The van der Waals surface area contributed by atoms with E-state index in [4.69, 9.17) is 9.47 Å². The van der Waals surface area contributed by atoms with Gasteiger partial charge in [0, 0.05) is 19.2 Å². The minimum atomic E-state index is 0.386. The fourth-order valence-corrected chi connectivity index (χ4v) is 2.14. The van der Waals surface area contributed by atoms with E-state index in [2.05, 4.69) is 24.4 Å². The van der Waals surface area contributed by atoms with Crippen LogP contribution >= 0.6 is 0 Å². The Labute approximate surface area is 96.8 Å². The van der Waals surface area contributed by atoms with Crippen LogP contribution in [0.2, 0.25) is 0 Å². The van der Waals surface area contributed by atoms with Crippen LogP contribution in [0.5, 0.6) is 11.5 Å². The summed E-state index contributed by atoms with van der Waals surface area (Å²) in [6, 6.07) is 6.09. The third-order valence-electron chi connectivity index (χ3n) is 3.15. The van der Waals surface area contributed by atoms with Gasteiger partial charge in [-0.15, -0.1) is 0 Å². The highest BCUT2D eigenvalue weighted by Crippen LogP contribution is 2.30. The second-order valence-corrected chi connectivity index (χ2v) is 4.81. The lowest BCUT2D eigenvalue weighted by atomic mass is 9.78. The summed E-state index contributed by atoms with van der Waals surface area (Å²) >= 11 is 0. The third kappa shape index (κ3) is 2.30. The molecule has 0 aromatic heterocycles. The van der Waals surface area contributed by atoms with Crippen molar-refractivity contribution in [2.24, 2.45) is 5.41 Å². The summed E-state index contributed by atoms with van der Waals surface area (Å²) in [5.74, 6) is 1.73. The van der Waals surface area contributed by atoms with Crippen molar-refractivity contribution in [3.8, 4) is 11.5 Å². The molecule has 0 radical (unpaired) electrons. The van der Waals surface area contributed by atoms with E-state index in [0.717, 1.165) is 31.0 Å². The lowest BCUT2D eigenvalue weighted by molar-refractivity contribution is 0.195. The highest BCUT2D eigenvalue weighted by Gasteiger charge is 2.31. The van der Waals surface area contributed by atoms with Gasteiger partial charge in [-0.05, 0) is 29.5 Å². The van der Waals surface area contributed by atoms with E-state index in [1.165, 1.54) is 5.56 Å². The zero-order chi connectivity index (χ0) is 11.6. The number of rotatable bonds is 4. The standard InChI is InChI=1S/C13H19NO2/c1-13(8-14-9-13)7-10-4-11(15-2)6-12(5-10)16-3/h4-6,14H,7-9H2,1-3H3. The van der Waals surface area contributed by atoms with Gasteiger partial charge in [0.15, 0.2) is 0 Å². The summed E-state index contributed by atoms with van der Waals surface area (Å²) < 4.78 is 10.5. The van der Waals surface area contributed by atoms with Gasteiger partial charge in [0.25, 0.3) is 0 Å². The molecule has 1 aliphatic heterocycles. The predicted molar refractivity (Wildman–Crippen MR) is 64.2 cm³/mol. The van der Waals surface area contributed by atoms with Gasteiger partial charge >= 0.3 is 0 Å². The van der Waals surface area contributed by atoms with E-state index in [1.54, 1.807) is 14.2 Å². The molecule has 0 bridgehead atoms. The molecule has 0 unspecified atom stereocenters. The Morgan fingerprint density at radius 1 is 1.12 bits per heavy atom. The van der Waals surface area contributed by atoms with Crippen molar-refractivity contribution >= 4 is 0 Å². The van der Waals surface area contributed by atoms with Crippen LogP contribution in [-0.2, 0) is 6.42 Å². The van der Waals surface area contributed by atoms with E-state index in [1.807, 2.05) is 6.07 Å². The van der Waals surface area contributed by atoms with E-state index < -0.39 is 0 Å². The van der Waals surface area contributed by atoms with Crippen molar-refractivity contribution in [3.05, 3.63) is 23.8 Å². The van der Waals surface area contributed by atoms with Gasteiger partial charge in [0.2, 0.25) is 0 Å². The summed E-state index contributed by atoms with van der Waals surface area (Å²) in [6.45, 7) is 4.48. The Morgan fingerprint density at radius 3 is 2.06 bits per heavy atom. The maximum atomic E-state index is 5.27. The van der Waals surface area contributed by atoms with E-state index in [9.17, 15) is 0 Å². The number of benzene rings is 1. The van der Waals surface area contributed by atoms with Gasteiger partial charge in [-0.25, -0.2) is 0 Å². The fraction of sp³-hybridized carbons (Fsp3) is 0.538. The monoisotopic (exact) mass is 221 g/mol. The number of ether oxygens (including phenoxy) is 2. The number of nitrogens with one attached hydrogen (secondary N) is 1. The van der Waals surface area contributed by atoms with Gasteiger partial charge < -0.3 is 14.8 Å². The zero-order valence-electron chi connectivity index (χ0n) is 10.2. The predicted octanol–water partition coefficient (Wildman–Crippen LogP) is 1.86. The topological polar surface area (TPSA) is 30.5 Å². The van der Waals surface area contributed by atoms with Gasteiger partial charge in [0.1, 0.15) is 11.5 Å². The van der Waals surface area contributed by atoms with Crippen molar-refractivity contribution in [1.29, 1.82) is 0 Å². The van der Waals surface area contributed by atoms with Crippen LogP contribution in [0.4, 0.5) is 0 Å². The zero-order valence-corrected chi connectivity index (χ0v) is 10.2. The molecule has 1 aromatic carbocycles. The number of hydrogen-bond acceptors (Lipinski definition) is 3. The SMILES string of the molecule is COc1cc(CC2(C)CNC2)cc(OC)c1. The maximum absolute atomic E-state index is 5.27. The summed E-state index contributed by atoms with van der Waals surface area (Å²) in [7, 11) is 3.37. The molecule has 2 rings (SSSR count). The highest BCUT2D eigenvalue weighted by atomic mass is 16.5. The van der Waals surface area contributed by atoms with Crippen LogP contribution in [0.25, 0.3) is 0 Å². The summed E-state index contributed by atoms with van der Waals surface area (Å²) in [5.41, 5.74) is 1.66. The molecule has 1 heterocycles. The Bertz CT molecular complexity index is 350. The molecule has 0 spiro atoms. The van der Waals surface area contributed by atoms with Crippen LogP contribution in [-0.4, -0.2) is 27.3 Å². The second-order valence-electron chi connectivity index (χ2n) is 4.81. The van der Waals surface area contributed by atoms with Gasteiger partial charge in [-0.1, -0.05) is 6.92 Å². The van der Waals surface area contributed by atoms with E-state index in [0.29, 0.717) is 5.41 Å². The molecule has 3 nitrogen and oxygen atoms in total. The molecule has 1 fully saturated rings. The first-order chi connectivity index (χ1) is 7.65. The molecule has 1 saturated heterocycles. The minimum Gasteiger partial charge on any atom is -0.497 e. The molecule has 0 aliphatic carbocycles. The molecule has 0 atom stereocenters. The molecular weight excluding hydrogens is 202 g/mol. The van der Waals surface area contributed by atoms with Gasteiger partial charge in [-0.2, -0.15) is 0 Å². The van der Waals surface area contributed by atoms with Crippen LogP contribution in [0.1, 0.15) is 12.5 Å². The van der Waals surface area contributed by atoms with Crippen LogP contribution < -0.4 is 14.8 Å². The van der Waals surface area contributed by atoms with Crippen LogP contribution in [0.3, 0.4) is 0 Å². The molecule has 3 heteroatoms. The van der Waals surface area contributed by atoms with Gasteiger partial charge in [0.05, 0.1) is 14.2 Å². The van der Waals surface area contributed by atoms with Crippen molar-refractivity contribution < 1.29 is 9.47 Å². The number of methoxy groups -OCH3 is 2. The van der Waals surface area contributed by atoms with E-state index >= 15 is 0 Å². The molecule has 88 valence electrons. The molecule has 1 aliphatic rings. The average Bonchev–Trinajstić information content (AvgIpc) is 2.26. The van der Waals surface area contributed by atoms with E-state index in [-0.39, 0.29) is 0 Å². The van der Waals surface area contributed by atoms with Crippen molar-refractivity contribution in [2.45, 2.75) is 13.3 Å². The Morgan fingerprint density at radius 2 is 1.69 bits per heavy atom. The Hall–Kier alpha value is -1.22. The molecular formula is C13H19NO2. The molecule has 0 amide bonds. The smallest absolute Gasteiger partial charge is 0.122 e. The first-order valence-electron chi connectivity index (χ1n) is 5.58. The first kappa shape index (κ1) is 11.3. The van der Waals surface area contributed by atoms with Crippen LogP contribution in [0, 0.1) is 5.41 Å².